The van der Waals surface area contributed by atoms with E-state index in [0.717, 1.165) is 10.6 Å². The number of fused-ring (bicyclic) bond motifs is 1. The molecule has 0 amide bonds. The molecule has 0 saturated carbocycles. The molecule has 0 fully saturated rings. The Balaban J connectivity index is 2.09. The molecule has 0 spiro atoms. The average Bonchev–Trinajstić information content (AvgIpc) is 2.85. The lowest BCUT2D eigenvalue weighted by Gasteiger charge is -2.10. The molecule has 0 aliphatic heterocycles. The Kier molecular flexibility index (Phi) is 3.11. The second kappa shape index (κ2) is 4.75. The normalized spacial score (nSPS) is 13.7. The van der Waals surface area contributed by atoms with E-state index < -0.39 is 0 Å². The third-order valence-corrected chi connectivity index (χ3v) is 3.93. The quantitative estimate of drug-likeness (QED) is 0.866. The van der Waals surface area contributed by atoms with E-state index in [9.17, 15) is 0 Å². The van der Waals surface area contributed by atoms with Crippen molar-refractivity contribution in [2.45, 2.75) is 25.8 Å². The Hall–Kier alpha value is -1.31. The lowest BCUT2D eigenvalue weighted by Crippen LogP contribution is -1.99. The third kappa shape index (κ3) is 2.05. The van der Waals surface area contributed by atoms with Crippen molar-refractivity contribution in [1.82, 2.24) is 0 Å². The molecule has 0 saturated heterocycles. The molecular formula is C16H16ClN. The van der Waals surface area contributed by atoms with Gasteiger partial charge in [-0.2, -0.15) is 0 Å². The molecule has 2 N–H and O–H groups in total. The van der Waals surface area contributed by atoms with Gasteiger partial charge in [0.2, 0.25) is 0 Å². The monoisotopic (exact) mass is 257 g/mol. The Bertz CT molecular complexity index is 590. The van der Waals surface area contributed by atoms with E-state index in [0.29, 0.717) is 6.54 Å². The SMILES string of the molecule is NCc1cc(Cl)ccc1-c1ccc2c(c1)CCC2. The van der Waals surface area contributed by atoms with Gasteiger partial charge in [0.25, 0.3) is 0 Å². The summed E-state index contributed by atoms with van der Waals surface area (Å²) in [6.07, 6.45) is 3.71. The number of nitrogens with two attached hydrogens (primary N) is 1. The van der Waals surface area contributed by atoms with Crippen LogP contribution in [0.25, 0.3) is 11.1 Å². The van der Waals surface area contributed by atoms with Crippen molar-refractivity contribution in [3.05, 3.63) is 58.1 Å². The van der Waals surface area contributed by atoms with Gasteiger partial charge in [-0.1, -0.05) is 35.9 Å². The number of aryl methyl sites for hydroxylation is 2. The zero-order valence-electron chi connectivity index (χ0n) is 10.2. The van der Waals surface area contributed by atoms with E-state index in [1.807, 2.05) is 12.1 Å². The lowest BCUT2D eigenvalue weighted by molar-refractivity contribution is 0.912. The summed E-state index contributed by atoms with van der Waals surface area (Å²) in [5.41, 5.74) is 12.4. The summed E-state index contributed by atoms with van der Waals surface area (Å²) >= 11 is 6.02. The van der Waals surface area contributed by atoms with Crippen LogP contribution in [0.3, 0.4) is 0 Å². The molecule has 1 aliphatic carbocycles. The number of hydrogen-bond donors (Lipinski definition) is 1. The van der Waals surface area contributed by atoms with Gasteiger partial charge in [-0.3, -0.25) is 0 Å². The second-order valence-corrected chi connectivity index (χ2v) is 5.28. The molecule has 3 rings (SSSR count). The highest BCUT2D eigenvalue weighted by Crippen LogP contribution is 2.31. The molecule has 2 heteroatoms. The summed E-state index contributed by atoms with van der Waals surface area (Å²) in [4.78, 5) is 0. The third-order valence-electron chi connectivity index (χ3n) is 3.70. The maximum atomic E-state index is 6.02. The molecule has 0 aromatic heterocycles. The van der Waals surface area contributed by atoms with Gasteiger partial charge in [0.05, 0.1) is 0 Å². The minimum atomic E-state index is 0.521. The van der Waals surface area contributed by atoms with Crippen LogP contribution < -0.4 is 5.73 Å². The molecule has 0 bridgehead atoms. The molecule has 0 heterocycles. The largest absolute Gasteiger partial charge is 0.326 e. The molecule has 18 heavy (non-hydrogen) atoms. The predicted molar refractivity (Wildman–Crippen MR) is 76.8 cm³/mol. The van der Waals surface area contributed by atoms with Gasteiger partial charge in [0, 0.05) is 11.6 Å². The predicted octanol–water partition coefficient (Wildman–Crippen LogP) is 3.95. The first-order valence-corrected chi connectivity index (χ1v) is 6.76. The van der Waals surface area contributed by atoms with Crippen molar-refractivity contribution in [2.24, 2.45) is 5.73 Å². The Morgan fingerprint density at radius 2 is 1.83 bits per heavy atom. The molecule has 1 nitrogen and oxygen atoms in total. The molecule has 1 aliphatic rings. The van der Waals surface area contributed by atoms with E-state index in [1.165, 1.54) is 41.5 Å². The number of halogens is 1. The second-order valence-electron chi connectivity index (χ2n) is 4.84. The van der Waals surface area contributed by atoms with Crippen molar-refractivity contribution in [3.8, 4) is 11.1 Å². The van der Waals surface area contributed by atoms with Crippen LogP contribution in [0.2, 0.25) is 5.02 Å². The van der Waals surface area contributed by atoms with E-state index in [2.05, 4.69) is 24.3 Å². The van der Waals surface area contributed by atoms with Crippen LogP contribution in [0.15, 0.2) is 36.4 Å². The summed E-state index contributed by atoms with van der Waals surface area (Å²) in [5, 5.41) is 0.750. The maximum Gasteiger partial charge on any atom is 0.0409 e. The molecule has 0 unspecified atom stereocenters. The fraction of sp³-hybridized carbons (Fsp3) is 0.250. The van der Waals surface area contributed by atoms with Crippen molar-refractivity contribution in [1.29, 1.82) is 0 Å². The first-order chi connectivity index (χ1) is 8.78. The summed E-state index contributed by atoms with van der Waals surface area (Å²) in [7, 11) is 0. The first kappa shape index (κ1) is 11.8. The Morgan fingerprint density at radius 3 is 2.67 bits per heavy atom. The molecular weight excluding hydrogens is 242 g/mol. The van der Waals surface area contributed by atoms with Gasteiger partial charge >= 0.3 is 0 Å². The van der Waals surface area contributed by atoms with Crippen LogP contribution in [0.4, 0.5) is 0 Å². The highest BCUT2D eigenvalue weighted by atomic mass is 35.5. The van der Waals surface area contributed by atoms with Gasteiger partial charge < -0.3 is 5.73 Å². The molecule has 92 valence electrons. The lowest BCUT2D eigenvalue weighted by atomic mass is 9.96. The van der Waals surface area contributed by atoms with E-state index >= 15 is 0 Å². The van der Waals surface area contributed by atoms with Crippen LogP contribution in [0.5, 0.6) is 0 Å². The first-order valence-electron chi connectivity index (χ1n) is 6.38. The van der Waals surface area contributed by atoms with Crippen LogP contribution in [0, 0.1) is 0 Å². The smallest absolute Gasteiger partial charge is 0.0409 e. The zero-order valence-corrected chi connectivity index (χ0v) is 11.0. The van der Waals surface area contributed by atoms with Crippen molar-refractivity contribution in [2.75, 3.05) is 0 Å². The van der Waals surface area contributed by atoms with Crippen molar-refractivity contribution >= 4 is 11.6 Å². The average molecular weight is 258 g/mol. The molecule has 2 aromatic rings. The fourth-order valence-corrected chi connectivity index (χ4v) is 2.95. The van der Waals surface area contributed by atoms with E-state index in [1.54, 1.807) is 0 Å². The van der Waals surface area contributed by atoms with Crippen LogP contribution >= 0.6 is 11.6 Å². The Labute approximate surface area is 113 Å². The standard InChI is InChI=1S/C16H16ClN/c17-15-6-7-16(14(9-15)10-18)13-5-4-11-2-1-3-12(11)8-13/h4-9H,1-3,10,18H2. The number of benzene rings is 2. The van der Waals surface area contributed by atoms with Gasteiger partial charge in [0.1, 0.15) is 0 Å². The van der Waals surface area contributed by atoms with Crippen LogP contribution in [0.1, 0.15) is 23.1 Å². The van der Waals surface area contributed by atoms with Gasteiger partial charge in [0.15, 0.2) is 0 Å². The Morgan fingerprint density at radius 1 is 1.00 bits per heavy atom. The summed E-state index contributed by atoms with van der Waals surface area (Å²) in [5.74, 6) is 0. The van der Waals surface area contributed by atoms with Gasteiger partial charge in [-0.05, 0) is 59.2 Å². The molecule has 0 atom stereocenters. The van der Waals surface area contributed by atoms with Crippen LogP contribution in [-0.4, -0.2) is 0 Å². The van der Waals surface area contributed by atoms with Crippen molar-refractivity contribution in [3.63, 3.8) is 0 Å². The van der Waals surface area contributed by atoms with Crippen molar-refractivity contribution < 1.29 is 0 Å². The number of rotatable bonds is 2. The van der Waals surface area contributed by atoms with E-state index in [-0.39, 0.29) is 0 Å². The van der Waals surface area contributed by atoms with Crippen LogP contribution in [-0.2, 0) is 19.4 Å². The van der Waals surface area contributed by atoms with Gasteiger partial charge in [-0.25, -0.2) is 0 Å². The highest BCUT2D eigenvalue weighted by molar-refractivity contribution is 6.30. The summed E-state index contributed by atoms with van der Waals surface area (Å²) < 4.78 is 0. The van der Waals surface area contributed by atoms with E-state index in [4.69, 9.17) is 17.3 Å². The summed E-state index contributed by atoms with van der Waals surface area (Å²) in [6, 6.07) is 12.7. The molecule has 0 radical (unpaired) electrons. The maximum absolute atomic E-state index is 6.02. The fourth-order valence-electron chi connectivity index (χ4n) is 2.75. The minimum Gasteiger partial charge on any atom is -0.326 e. The highest BCUT2D eigenvalue weighted by Gasteiger charge is 2.12. The van der Waals surface area contributed by atoms with Gasteiger partial charge in [-0.15, -0.1) is 0 Å². The minimum absolute atomic E-state index is 0.521. The number of hydrogen-bond acceptors (Lipinski definition) is 1. The topological polar surface area (TPSA) is 26.0 Å². The molecule has 2 aromatic carbocycles. The zero-order chi connectivity index (χ0) is 12.5. The summed E-state index contributed by atoms with van der Waals surface area (Å²) in [6.45, 7) is 0.521.